The first-order chi connectivity index (χ1) is 5.59. The van der Waals surface area contributed by atoms with Gasteiger partial charge in [0.05, 0.1) is 0 Å². The van der Waals surface area contributed by atoms with Crippen LogP contribution in [-0.4, -0.2) is 10.7 Å². The topological polar surface area (TPSA) is 15.8 Å². The van der Waals surface area contributed by atoms with Crippen molar-refractivity contribution < 1.29 is 0 Å². The Balaban J connectivity index is 2.46. The van der Waals surface area contributed by atoms with E-state index in [0.717, 1.165) is 0 Å². The van der Waals surface area contributed by atoms with Crippen LogP contribution >= 0.6 is 11.8 Å². The van der Waals surface area contributed by atoms with Gasteiger partial charge in [-0.2, -0.15) is 0 Å². The van der Waals surface area contributed by atoms with E-state index in [0.29, 0.717) is 0 Å². The summed E-state index contributed by atoms with van der Waals surface area (Å²) in [6, 6.07) is 0. The third kappa shape index (κ3) is 1.18. The lowest BCUT2D eigenvalue weighted by Crippen LogP contribution is -2.13. The lowest BCUT2D eigenvalue weighted by Gasteiger charge is -2.18. The molecule has 1 aromatic rings. The molecule has 0 unspecified atom stereocenters. The molecule has 0 radical (unpaired) electrons. The Morgan fingerprint density at radius 3 is 2.83 bits per heavy atom. The number of aromatic nitrogens is 1. The lowest BCUT2D eigenvalue weighted by atomic mass is 9.89. The number of thioether (sulfide) groups is 1. The van der Waals surface area contributed by atoms with Crippen LogP contribution in [-0.2, 0) is 11.8 Å². The van der Waals surface area contributed by atoms with Crippen molar-refractivity contribution in [3.05, 3.63) is 17.5 Å². The van der Waals surface area contributed by atoms with Gasteiger partial charge < -0.3 is 4.98 Å². The van der Waals surface area contributed by atoms with Crippen molar-refractivity contribution >= 4 is 11.8 Å². The average Bonchev–Trinajstić information content (AvgIpc) is 2.37. The van der Waals surface area contributed by atoms with Crippen molar-refractivity contribution in [2.75, 3.05) is 5.75 Å². The van der Waals surface area contributed by atoms with Crippen LogP contribution in [0, 0.1) is 0 Å². The minimum Gasteiger partial charge on any atom is -0.363 e. The number of aromatic amines is 1. The SMILES string of the molecule is CC(C)(C)c1[nH]cc2c1CCS2. The standard InChI is InChI=1S/C10H15NS/c1-10(2,3)9-7-4-5-12-8(7)6-11-9/h6,11H,4-5H2,1-3H3. The van der Waals surface area contributed by atoms with Crippen molar-refractivity contribution in [2.45, 2.75) is 37.5 Å². The number of H-pyrrole nitrogens is 1. The summed E-state index contributed by atoms with van der Waals surface area (Å²) in [5.41, 5.74) is 3.27. The molecular formula is C10H15NS. The maximum atomic E-state index is 3.40. The molecular weight excluding hydrogens is 166 g/mol. The molecule has 0 atom stereocenters. The van der Waals surface area contributed by atoms with E-state index in [-0.39, 0.29) is 5.41 Å². The van der Waals surface area contributed by atoms with Gasteiger partial charge in [0.2, 0.25) is 0 Å². The number of hydrogen-bond donors (Lipinski definition) is 1. The van der Waals surface area contributed by atoms with E-state index in [2.05, 4.69) is 32.0 Å². The molecule has 0 saturated heterocycles. The van der Waals surface area contributed by atoms with Gasteiger partial charge in [-0.1, -0.05) is 20.8 Å². The second-order valence-corrected chi connectivity index (χ2v) is 5.49. The Morgan fingerprint density at radius 1 is 1.42 bits per heavy atom. The first-order valence-corrected chi connectivity index (χ1v) is 5.41. The summed E-state index contributed by atoms with van der Waals surface area (Å²) >= 11 is 1.97. The highest BCUT2D eigenvalue weighted by Crippen LogP contribution is 2.37. The van der Waals surface area contributed by atoms with Gasteiger partial charge in [0.25, 0.3) is 0 Å². The van der Waals surface area contributed by atoms with Gasteiger partial charge >= 0.3 is 0 Å². The monoisotopic (exact) mass is 181 g/mol. The van der Waals surface area contributed by atoms with Crippen LogP contribution in [0.25, 0.3) is 0 Å². The number of hydrogen-bond acceptors (Lipinski definition) is 1. The molecule has 1 aliphatic heterocycles. The molecule has 0 spiro atoms. The zero-order valence-corrected chi connectivity index (χ0v) is 8.72. The van der Waals surface area contributed by atoms with Gasteiger partial charge in [-0.25, -0.2) is 0 Å². The predicted molar refractivity (Wildman–Crippen MR) is 53.9 cm³/mol. The molecule has 66 valence electrons. The fourth-order valence-electron chi connectivity index (χ4n) is 1.74. The molecule has 1 N–H and O–H groups in total. The molecule has 2 heteroatoms. The molecule has 0 amide bonds. The minimum absolute atomic E-state index is 0.276. The third-order valence-electron chi connectivity index (χ3n) is 2.31. The summed E-state index contributed by atoms with van der Waals surface area (Å²) in [5, 5.41) is 0. The van der Waals surface area contributed by atoms with Gasteiger partial charge in [-0.3, -0.25) is 0 Å². The van der Waals surface area contributed by atoms with E-state index >= 15 is 0 Å². The van der Waals surface area contributed by atoms with E-state index < -0.39 is 0 Å². The maximum Gasteiger partial charge on any atom is 0.0282 e. The molecule has 0 fully saturated rings. The van der Waals surface area contributed by atoms with Crippen LogP contribution < -0.4 is 0 Å². The smallest absolute Gasteiger partial charge is 0.0282 e. The summed E-state index contributed by atoms with van der Waals surface area (Å²) in [6.07, 6.45) is 3.41. The Kier molecular flexibility index (Phi) is 1.76. The Morgan fingerprint density at radius 2 is 2.17 bits per heavy atom. The molecule has 2 rings (SSSR count). The van der Waals surface area contributed by atoms with Crippen LogP contribution in [0.3, 0.4) is 0 Å². The zero-order valence-electron chi connectivity index (χ0n) is 7.90. The lowest BCUT2D eigenvalue weighted by molar-refractivity contribution is 0.566. The molecule has 0 saturated carbocycles. The largest absolute Gasteiger partial charge is 0.363 e. The van der Waals surface area contributed by atoms with Gasteiger partial charge in [0, 0.05) is 28.0 Å². The van der Waals surface area contributed by atoms with Crippen molar-refractivity contribution in [1.29, 1.82) is 0 Å². The highest BCUT2D eigenvalue weighted by Gasteiger charge is 2.24. The van der Waals surface area contributed by atoms with E-state index in [1.54, 1.807) is 5.56 Å². The molecule has 1 aromatic heterocycles. The molecule has 12 heavy (non-hydrogen) atoms. The third-order valence-corrected chi connectivity index (χ3v) is 3.39. The van der Waals surface area contributed by atoms with E-state index in [4.69, 9.17) is 0 Å². The summed E-state index contributed by atoms with van der Waals surface area (Å²) in [6.45, 7) is 6.80. The summed E-state index contributed by atoms with van der Waals surface area (Å²) in [4.78, 5) is 4.87. The van der Waals surface area contributed by atoms with Crippen molar-refractivity contribution in [1.82, 2.24) is 4.98 Å². The summed E-state index contributed by atoms with van der Waals surface area (Å²) in [5.74, 6) is 1.27. The highest BCUT2D eigenvalue weighted by molar-refractivity contribution is 7.99. The molecule has 0 aromatic carbocycles. The second kappa shape index (κ2) is 2.56. The number of fused-ring (bicyclic) bond motifs is 1. The van der Waals surface area contributed by atoms with Crippen LogP contribution in [0.15, 0.2) is 11.1 Å². The molecule has 0 bridgehead atoms. The zero-order chi connectivity index (χ0) is 8.77. The second-order valence-electron chi connectivity index (χ2n) is 4.35. The van der Waals surface area contributed by atoms with Gasteiger partial charge in [0.15, 0.2) is 0 Å². The van der Waals surface area contributed by atoms with Crippen LogP contribution in [0.5, 0.6) is 0 Å². The number of nitrogens with one attached hydrogen (secondary N) is 1. The highest BCUT2D eigenvalue weighted by atomic mass is 32.2. The first kappa shape index (κ1) is 8.24. The summed E-state index contributed by atoms with van der Waals surface area (Å²) in [7, 11) is 0. The van der Waals surface area contributed by atoms with E-state index in [9.17, 15) is 0 Å². The van der Waals surface area contributed by atoms with Crippen molar-refractivity contribution in [2.24, 2.45) is 0 Å². The molecule has 2 heterocycles. The van der Waals surface area contributed by atoms with Gasteiger partial charge in [-0.15, -0.1) is 11.8 Å². The summed E-state index contributed by atoms with van der Waals surface area (Å²) < 4.78 is 0. The van der Waals surface area contributed by atoms with E-state index in [1.807, 2.05) is 11.8 Å². The fourth-order valence-corrected chi connectivity index (χ4v) is 2.79. The fraction of sp³-hybridized carbons (Fsp3) is 0.600. The molecule has 0 aliphatic carbocycles. The minimum atomic E-state index is 0.276. The number of rotatable bonds is 0. The average molecular weight is 181 g/mol. The Hall–Kier alpha value is -0.370. The van der Waals surface area contributed by atoms with E-state index in [1.165, 1.54) is 22.8 Å². The van der Waals surface area contributed by atoms with Crippen LogP contribution in [0.1, 0.15) is 32.0 Å². The quantitative estimate of drug-likeness (QED) is 0.650. The maximum absolute atomic E-state index is 3.40. The first-order valence-electron chi connectivity index (χ1n) is 4.42. The van der Waals surface area contributed by atoms with Crippen LogP contribution in [0.4, 0.5) is 0 Å². The predicted octanol–water partition coefficient (Wildman–Crippen LogP) is 2.96. The van der Waals surface area contributed by atoms with Gasteiger partial charge in [0.1, 0.15) is 0 Å². The Bertz CT molecular complexity index is 293. The van der Waals surface area contributed by atoms with Gasteiger partial charge in [-0.05, 0) is 12.0 Å². The van der Waals surface area contributed by atoms with Crippen molar-refractivity contribution in [3.8, 4) is 0 Å². The molecule has 1 aliphatic rings. The Labute approximate surface area is 77.9 Å². The molecule has 1 nitrogen and oxygen atoms in total. The normalized spacial score (nSPS) is 16.6. The van der Waals surface area contributed by atoms with Crippen LogP contribution in [0.2, 0.25) is 0 Å². The van der Waals surface area contributed by atoms with Crippen molar-refractivity contribution in [3.63, 3.8) is 0 Å².